The van der Waals surface area contributed by atoms with Crippen molar-refractivity contribution in [2.45, 2.75) is 26.2 Å². The van der Waals surface area contributed by atoms with Crippen molar-refractivity contribution in [2.75, 3.05) is 13.1 Å². The highest BCUT2D eigenvalue weighted by Gasteiger charge is 2.40. The normalized spacial score (nSPS) is 22.5. The number of carbonyl (C=O) groups excluding carboxylic acids is 1. The van der Waals surface area contributed by atoms with E-state index in [1.165, 1.54) is 0 Å². The monoisotopic (exact) mass is 290 g/mol. The number of ketones is 1. The van der Waals surface area contributed by atoms with Gasteiger partial charge in [0.15, 0.2) is 5.78 Å². The summed E-state index contributed by atoms with van der Waals surface area (Å²) < 4.78 is 0. The van der Waals surface area contributed by atoms with Crippen LogP contribution in [-0.2, 0) is 0 Å². The predicted molar refractivity (Wildman–Crippen MR) is 82.5 cm³/mol. The Bertz CT molecular complexity index is 641. The van der Waals surface area contributed by atoms with Crippen molar-refractivity contribution in [1.29, 1.82) is 0 Å². The Morgan fingerprint density at radius 2 is 2.30 bits per heavy atom. The summed E-state index contributed by atoms with van der Waals surface area (Å²) in [5.41, 5.74) is 1.39. The molecule has 0 amide bonds. The summed E-state index contributed by atoms with van der Waals surface area (Å²) in [6.45, 7) is 3.84. The molecule has 1 aliphatic heterocycles. The Labute approximate surface area is 123 Å². The van der Waals surface area contributed by atoms with Crippen LogP contribution in [0.5, 0.6) is 0 Å². The average Bonchev–Trinajstić information content (AvgIpc) is 3.07. The summed E-state index contributed by atoms with van der Waals surface area (Å²) in [5, 5.41) is 4.95. The zero-order chi connectivity index (χ0) is 14.2. The number of halogens is 1. The van der Waals surface area contributed by atoms with Gasteiger partial charge in [0.25, 0.3) is 0 Å². The molecule has 1 fully saturated rings. The van der Waals surface area contributed by atoms with Crippen LogP contribution in [0.3, 0.4) is 0 Å². The van der Waals surface area contributed by atoms with E-state index in [4.69, 9.17) is 11.6 Å². The van der Waals surface area contributed by atoms with Gasteiger partial charge in [0.05, 0.1) is 10.5 Å². The number of fused-ring (bicyclic) bond motifs is 1. The summed E-state index contributed by atoms with van der Waals surface area (Å²) in [6.07, 6.45) is 4.72. The number of benzene rings is 1. The smallest absolute Gasteiger partial charge is 0.170 e. The van der Waals surface area contributed by atoms with Crippen LogP contribution < -0.4 is 5.32 Å². The molecule has 1 saturated heterocycles. The van der Waals surface area contributed by atoms with E-state index in [0.29, 0.717) is 5.02 Å². The van der Waals surface area contributed by atoms with Gasteiger partial charge in [-0.2, -0.15) is 0 Å². The number of carbonyl (C=O) groups is 1. The van der Waals surface area contributed by atoms with E-state index < -0.39 is 0 Å². The van der Waals surface area contributed by atoms with Crippen molar-refractivity contribution in [1.82, 2.24) is 10.3 Å². The second kappa shape index (κ2) is 5.23. The number of nitrogens with one attached hydrogen (secondary N) is 2. The second-order valence-corrected chi connectivity index (χ2v) is 6.09. The van der Waals surface area contributed by atoms with Crippen LogP contribution >= 0.6 is 11.6 Å². The first-order valence-electron chi connectivity index (χ1n) is 7.18. The minimum absolute atomic E-state index is 0.231. The number of aromatic amines is 1. The van der Waals surface area contributed by atoms with E-state index in [-0.39, 0.29) is 11.2 Å². The molecule has 0 saturated carbocycles. The second-order valence-electron chi connectivity index (χ2n) is 5.69. The third-order valence-corrected chi connectivity index (χ3v) is 4.63. The number of Topliss-reactive ketones (excluding diaryl/α,β-unsaturated/α-hetero) is 1. The number of hydrogen-bond acceptors (Lipinski definition) is 2. The van der Waals surface area contributed by atoms with Crippen molar-refractivity contribution >= 4 is 28.3 Å². The van der Waals surface area contributed by atoms with Crippen LogP contribution in [0, 0.1) is 5.41 Å². The topological polar surface area (TPSA) is 44.9 Å². The van der Waals surface area contributed by atoms with Gasteiger partial charge in [-0.15, -0.1) is 0 Å². The molecule has 1 unspecified atom stereocenters. The molecule has 0 spiro atoms. The number of rotatable bonds is 4. The maximum absolute atomic E-state index is 13.0. The minimum Gasteiger partial charge on any atom is -0.360 e. The van der Waals surface area contributed by atoms with Gasteiger partial charge in [0.1, 0.15) is 0 Å². The zero-order valence-electron chi connectivity index (χ0n) is 11.6. The van der Waals surface area contributed by atoms with Crippen molar-refractivity contribution in [3.05, 3.63) is 35.0 Å². The van der Waals surface area contributed by atoms with Gasteiger partial charge in [0, 0.05) is 29.1 Å². The molecule has 0 aliphatic carbocycles. The first kappa shape index (κ1) is 13.7. The Morgan fingerprint density at radius 1 is 1.45 bits per heavy atom. The number of aromatic nitrogens is 1. The predicted octanol–water partition coefficient (Wildman–Crippen LogP) is 3.78. The summed E-state index contributed by atoms with van der Waals surface area (Å²) in [6, 6.07) is 5.71. The van der Waals surface area contributed by atoms with Gasteiger partial charge >= 0.3 is 0 Å². The van der Waals surface area contributed by atoms with Crippen LogP contribution in [0.15, 0.2) is 24.4 Å². The molecule has 0 radical (unpaired) electrons. The van der Waals surface area contributed by atoms with E-state index in [1.54, 1.807) is 6.07 Å². The van der Waals surface area contributed by atoms with Crippen molar-refractivity contribution < 1.29 is 4.79 Å². The van der Waals surface area contributed by atoms with Crippen LogP contribution in [0.2, 0.25) is 5.02 Å². The van der Waals surface area contributed by atoms with Gasteiger partial charge in [-0.05, 0) is 37.6 Å². The highest BCUT2D eigenvalue weighted by molar-refractivity contribution is 6.35. The van der Waals surface area contributed by atoms with Gasteiger partial charge in [-0.3, -0.25) is 4.79 Å². The molecule has 1 aromatic heterocycles. The van der Waals surface area contributed by atoms with Crippen LogP contribution in [0.4, 0.5) is 0 Å². The Hall–Kier alpha value is -1.32. The van der Waals surface area contributed by atoms with Gasteiger partial charge in [0.2, 0.25) is 0 Å². The molecular weight excluding hydrogens is 272 g/mol. The average molecular weight is 291 g/mol. The van der Waals surface area contributed by atoms with Crippen LogP contribution in [0.1, 0.15) is 36.5 Å². The molecule has 0 bridgehead atoms. The van der Waals surface area contributed by atoms with Crippen molar-refractivity contribution in [3.8, 4) is 0 Å². The lowest BCUT2D eigenvalue weighted by Crippen LogP contribution is -2.33. The highest BCUT2D eigenvalue weighted by Crippen LogP contribution is 2.36. The molecule has 4 heteroatoms. The fourth-order valence-electron chi connectivity index (χ4n) is 3.31. The van der Waals surface area contributed by atoms with Crippen molar-refractivity contribution in [3.63, 3.8) is 0 Å². The number of H-pyrrole nitrogens is 1. The molecule has 106 valence electrons. The quantitative estimate of drug-likeness (QED) is 0.842. The summed E-state index contributed by atoms with van der Waals surface area (Å²) in [5.74, 6) is 0.231. The van der Waals surface area contributed by atoms with E-state index in [2.05, 4.69) is 17.2 Å². The third kappa shape index (κ3) is 2.15. The molecule has 3 rings (SSSR count). The van der Waals surface area contributed by atoms with Gasteiger partial charge in [-0.1, -0.05) is 24.9 Å². The Kier molecular flexibility index (Phi) is 3.57. The molecule has 1 aliphatic rings. The molecule has 1 aromatic carbocycles. The lowest BCUT2D eigenvalue weighted by atomic mass is 9.76. The molecule has 2 heterocycles. The SMILES string of the molecule is CCCC1(C(=O)c2cc(Cl)c3[nH]ccc3c2)CCNC1. The summed E-state index contributed by atoms with van der Waals surface area (Å²) in [4.78, 5) is 16.1. The highest BCUT2D eigenvalue weighted by atomic mass is 35.5. The lowest BCUT2D eigenvalue weighted by Gasteiger charge is -2.26. The molecule has 3 nitrogen and oxygen atoms in total. The van der Waals surface area contributed by atoms with E-state index in [9.17, 15) is 4.79 Å². The van der Waals surface area contributed by atoms with E-state index in [0.717, 1.165) is 48.8 Å². The van der Waals surface area contributed by atoms with E-state index >= 15 is 0 Å². The van der Waals surface area contributed by atoms with Gasteiger partial charge < -0.3 is 10.3 Å². The number of hydrogen-bond donors (Lipinski definition) is 2. The van der Waals surface area contributed by atoms with Crippen LogP contribution in [-0.4, -0.2) is 23.9 Å². The minimum atomic E-state index is -0.248. The summed E-state index contributed by atoms with van der Waals surface area (Å²) in [7, 11) is 0. The standard InChI is InChI=1S/C16H19ClN2O/c1-2-4-16(5-7-18-10-16)15(20)12-8-11-3-6-19-14(11)13(17)9-12/h3,6,8-9,18-19H,2,4-5,7,10H2,1H3. The molecule has 2 N–H and O–H groups in total. The van der Waals surface area contributed by atoms with Gasteiger partial charge in [-0.25, -0.2) is 0 Å². The lowest BCUT2D eigenvalue weighted by molar-refractivity contribution is 0.0802. The fourth-order valence-corrected chi connectivity index (χ4v) is 3.59. The Morgan fingerprint density at radius 3 is 3.00 bits per heavy atom. The Balaban J connectivity index is 2.02. The third-order valence-electron chi connectivity index (χ3n) is 4.33. The van der Waals surface area contributed by atoms with Crippen LogP contribution in [0.25, 0.3) is 10.9 Å². The summed E-state index contributed by atoms with van der Waals surface area (Å²) >= 11 is 6.28. The fraction of sp³-hybridized carbons (Fsp3) is 0.438. The largest absolute Gasteiger partial charge is 0.360 e. The molecule has 20 heavy (non-hydrogen) atoms. The van der Waals surface area contributed by atoms with E-state index in [1.807, 2.05) is 18.3 Å². The molecular formula is C16H19ClN2O. The van der Waals surface area contributed by atoms with Crippen molar-refractivity contribution in [2.24, 2.45) is 5.41 Å². The maximum Gasteiger partial charge on any atom is 0.170 e. The molecule has 2 aromatic rings. The maximum atomic E-state index is 13.0. The first-order valence-corrected chi connectivity index (χ1v) is 7.56. The molecule has 1 atom stereocenters. The first-order chi connectivity index (χ1) is 9.66. The zero-order valence-corrected chi connectivity index (χ0v) is 12.4.